The lowest BCUT2D eigenvalue weighted by molar-refractivity contribution is -0.385. The molecule has 0 bridgehead atoms. The summed E-state index contributed by atoms with van der Waals surface area (Å²) in [6, 6.07) is 3.21. The molecule has 2 aromatic rings. The summed E-state index contributed by atoms with van der Waals surface area (Å²) in [6.07, 6.45) is 0. The topological polar surface area (TPSA) is 98.8 Å². The van der Waals surface area contributed by atoms with Gasteiger partial charge in [-0.2, -0.15) is 4.68 Å². The van der Waals surface area contributed by atoms with Gasteiger partial charge in [-0.15, -0.1) is 5.10 Å². The maximum atomic E-state index is 13.5. The van der Waals surface area contributed by atoms with Gasteiger partial charge in [-0.3, -0.25) is 10.1 Å². The fourth-order valence-electron chi connectivity index (χ4n) is 1.65. The number of rotatable bonds is 4. The molecule has 0 amide bonds. The highest BCUT2D eigenvalue weighted by Gasteiger charge is 2.16. The van der Waals surface area contributed by atoms with Crippen LogP contribution in [0.15, 0.2) is 18.2 Å². The highest BCUT2D eigenvalue weighted by Crippen LogP contribution is 2.19. The van der Waals surface area contributed by atoms with Gasteiger partial charge in [0.15, 0.2) is 5.82 Å². The van der Waals surface area contributed by atoms with Crippen molar-refractivity contribution in [1.29, 1.82) is 0 Å². The second-order valence-corrected chi connectivity index (χ2v) is 5.54. The van der Waals surface area contributed by atoms with Gasteiger partial charge in [0.1, 0.15) is 5.82 Å². The second kappa shape index (κ2) is 5.52. The van der Waals surface area contributed by atoms with Gasteiger partial charge in [-0.1, -0.05) is 0 Å². The highest BCUT2D eigenvalue weighted by atomic mass is 19.1. The first-order valence-corrected chi connectivity index (χ1v) is 6.24. The third-order valence-corrected chi connectivity index (χ3v) is 2.63. The molecule has 0 unspecified atom stereocenters. The van der Waals surface area contributed by atoms with Crippen LogP contribution in [0.4, 0.5) is 10.1 Å². The molecule has 0 atom stereocenters. The Morgan fingerprint density at radius 3 is 2.71 bits per heavy atom. The monoisotopic (exact) mass is 294 g/mol. The third kappa shape index (κ3) is 3.78. The first-order valence-electron chi connectivity index (χ1n) is 6.24. The zero-order chi connectivity index (χ0) is 15.6. The summed E-state index contributed by atoms with van der Waals surface area (Å²) in [4.78, 5) is 10.1. The van der Waals surface area contributed by atoms with Crippen LogP contribution in [0.3, 0.4) is 0 Å². The number of hydrogen-bond donors (Lipinski definition) is 1. The smallest absolute Gasteiger partial charge is 0.274 e. The molecular formula is C12H15FN6O2. The number of nitrogens with zero attached hydrogens (tertiary/aromatic N) is 5. The highest BCUT2D eigenvalue weighted by molar-refractivity contribution is 5.43. The fraction of sp³-hybridized carbons (Fsp3) is 0.417. The number of nitrogens with one attached hydrogen (secondary N) is 1. The zero-order valence-corrected chi connectivity index (χ0v) is 11.9. The van der Waals surface area contributed by atoms with Crippen molar-refractivity contribution >= 4 is 5.69 Å². The predicted octanol–water partition coefficient (Wildman–Crippen LogP) is 1.60. The minimum Gasteiger partial charge on any atom is -0.305 e. The Balaban J connectivity index is 2.35. The molecule has 2 rings (SSSR count). The van der Waals surface area contributed by atoms with Gasteiger partial charge in [0.2, 0.25) is 0 Å². The summed E-state index contributed by atoms with van der Waals surface area (Å²) in [6.45, 7) is 6.29. The molecule has 0 aliphatic carbocycles. The number of hydrogen-bond acceptors (Lipinski definition) is 6. The number of nitro groups is 1. The van der Waals surface area contributed by atoms with E-state index in [-0.39, 0.29) is 16.9 Å². The van der Waals surface area contributed by atoms with Crippen molar-refractivity contribution in [3.05, 3.63) is 40.0 Å². The van der Waals surface area contributed by atoms with Crippen molar-refractivity contribution in [2.24, 2.45) is 0 Å². The molecule has 0 radical (unpaired) electrons. The van der Waals surface area contributed by atoms with Crippen LogP contribution in [0.5, 0.6) is 0 Å². The molecule has 8 nitrogen and oxygen atoms in total. The second-order valence-electron chi connectivity index (χ2n) is 5.54. The van der Waals surface area contributed by atoms with Crippen LogP contribution >= 0.6 is 0 Å². The number of benzene rings is 1. The van der Waals surface area contributed by atoms with E-state index in [9.17, 15) is 14.5 Å². The van der Waals surface area contributed by atoms with E-state index < -0.39 is 10.7 Å². The molecule has 21 heavy (non-hydrogen) atoms. The Morgan fingerprint density at radius 1 is 1.38 bits per heavy atom. The molecule has 0 saturated heterocycles. The minimum atomic E-state index is -0.718. The first-order chi connectivity index (χ1) is 9.76. The van der Waals surface area contributed by atoms with Crippen LogP contribution in [-0.4, -0.2) is 30.7 Å². The Kier molecular flexibility index (Phi) is 3.94. The number of non-ortho nitro benzene ring substituents is 1. The molecule has 0 fully saturated rings. The molecule has 0 spiro atoms. The maximum Gasteiger partial charge on any atom is 0.274 e. The molecule has 1 aromatic heterocycles. The van der Waals surface area contributed by atoms with E-state index in [2.05, 4.69) is 20.8 Å². The van der Waals surface area contributed by atoms with E-state index in [0.717, 1.165) is 12.1 Å². The molecule has 9 heteroatoms. The number of nitro benzene ring substituents is 1. The van der Waals surface area contributed by atoms with Gasteiger partial charge >= 0.3 is 0 Å². The Morgan fingerprint density at radius 2 is 2.10 bits per heavy atom. The van der Waals surface area contributed by atoms with Crippen LogP contribution in [0.1, 0.15) is 26.6 Å². The average Bonchev–Trinajstić information content (AvgIpc) is 2.83. The van der Waals surface area contributed by atoms with E-state index in [4.69, 9.17) is 0 Å². The summed E-state index contributed by atoms with van der Waals surface area (Å²) < 4.78 is 14.8. The van der Waals surface area contributed by atoms with Crippen LogP contribution in [0.25, 0.3) is 5.69 Å². The van der Waals surface area contributed by atoms with Crippen LogP contribution in [-0.2, 0) is 6.54 Å². The molecule has 1 N–H and O–H groups in total. The number of aromatic nitrogens is 4. The fourth-order valence-corrected chi connectivity index (χ4v) is 1.65. The predicted molar refractivity (Wildman–Crippen MR) is 72.4 cm³/mol. The lowest BCUT2D eigenvalue weighted by atomic mass is 10.1. The lowest BCUT2D eigenvalue weighted by Crippen LogP contribution is -2.35. The van der Waals surface area contributed by atoms with E-state index in [1.807, 2.05) is 20.8 Å². The summed E-state index contributed by atoms with van der Waals surface area (Å²) in [5.74, 6) is -0.283. The van der Waals surface area contributed by atoms with E-state index in [1.54, 1.807) is 0 Å². The van der Waals surface area contributed by atoms with Crippen molar-refractivity contribution in [1.82, 2.24) is 25.5 Å². The van der Waals surface area contributed by atoms with Gasteiger partial charge < -0.3 is 5.32 Å². The Bertz CT molecular complexity index is 664. The zero-order valence-electron chi connectivity index (χ0n) is 11.9. The molecule has 0 aliphatic rings. The quantitative estimate of drug-likeness (QED) is 0.679. The largest absolute Gasteiger partial charge is 0.305 e. The van der Waals surface area contributed by atoms with Gasteiger partial charge in [-0.05, 0) is 31.2 Å². The maximum absolute atomic E-state index is 13.5. The van der Waals surface area contributed by atoms with Gasteiger partial charge in [0.25, 0.3) is 5.69 Å². The molecule has 0 aliphatic heterocycles. The summed E-state index contributed by atoms with van der Waals surface area (Å²) in [5, 5.41) is 25.1. The lowest BCUT2D eigenvalue weighted by Gasteiger charge is -2.19. The van der Waals surface area contributed by atoms with Gasteiger partial charge in [0, 0.05) is 17.7 Å². The SMILES string of the molecule is CC(C)(C)NCc1nnnn1-c1cc(F)cc([N+](=O)[O-])c1. The van der Waals surface area contributed by atoms with Crippen molar-refractivity contribution in [2.75, 3.05) is 0 Å². The van der Waals surface area contributed by atoms with E-state index in [1.165, 1.54) is 10.7 Å². The molecule has 1 aromatic carbocycles. The number of tetrazole rings is 1. The van der Waals surface area contributed by atoms with Crippen molar-refractivity contribution in [3.63, 3.8) is 0 Å². The van der Waals surface area contributed by atoms with E-state index in [0.29, 0.717) is 12.4 Å². The molecule has 112 valence electrons. The minimum absolute atomic E-state index is 0.148. The normalized spacial score (nSPS) is 11.6. The Hall–Kier alpha value is -2.42. The van der Waals surface area contributed by atoms with Gasteiger partial charge in [-0.25, -0.2) is 4.39 Å². The van der Waals surface area contributed by atoms with E-state index >= 15 is 0 Å². The number of halogens is 1. The molecular weight excluding hydrogens is 279 g/mol. The molecule has 0 saturated carbocycles. The molecule has 1 heterocycles. The van der Waals surface area contributed by atoms with Crippen molar-refractivity contribution in [3.8, 4) is 5.69 Å². The summed E-state index contributed by atoms with van der Waals surface area (Å²) in [5.41, 5.74) is -0.294. The van der Waals surface area contributed by atoms with Crippen LogP contribution in [0, 0.1) is 15.9 Å². The summed E-state index contributed by atoms with van der Waals surface area (Å²) >= 11 is 0. The van der Waals surface area contributed by atoms with Gasteiger partial charge in [0.05, 0.1) is 23.2 Å². The van der Waals surface area contributed by atoms with Crippen LogP contribution < -0.4 is 5.32 Å². The average molecular weight is 294 g/mol. The standard InChI is InChI=1S/C12H15FN6O2/c1-12(2,3)14-7-11-15-16-17-18(11)9-4-8(13)5-10(6-9)19(20)21/h4-6,14H,7H2,1-3H3. The van der Waals surface area contributed by atoms with Crippen molar-refractivity contribution in [2.45, 2.75) is 32.9 Å². The Labute approximate surface area is 120 Å². The van der Waals surface area contributed by atoms with Crippen LogP contribution in [0.2, 0.25) is 0 Å². The first kappa shape index (κ1) is 15.0. The third-order valence-electron chi connectivity index (χ3n) is 2.63. The van der Waals surface area contributed by atoms with Crippen molar-refractivity contribution < 1.29 is 9.31 Å². The summed E-state index contributed by atoms with van der Waals surface area (Å²) in [7, 11) is 0.